The fourth-order valence-electron chi connectivity index (χ4n) is 2.64. The monoisotopic (exact) mass is 297 g/mol. The van der Waals surface area contributed by atoms with Crippen molar-refractivity contribution in [1.29, 1.82) is 0 Å². The fraction of sp³-hybridized carbons (Fsp3) is 0.312. The van der Waals surface area contributed by atoms with Gasteiger partial charge in [0.15, 0.2) is 5.82 Å². The number of hydrogen-bond donors (Lipinski definition) is 2. The number of anilines is 2. The van der Waals surface area contributed by atoms with Gasteiger partial charge < -0.3 is 10.2 Å². The number of rotatable bonds is 4. The molecule has 0 radical (unpaired) electrons. The molecule has 1 aromatic carbocycles. The number of carbonyl (C=O) groups is 1. The third kappa shape index (κ3) is 3.72. The molecule has 114 valence electrons. The average Bonchev–Trinajstić information content (AvgIpc) is 3.04. The number of carbonyl (C=O) groups excluding carboxylic acids is 1. The Morgan fingerprint density at radius 3 is 2.86 bits per heavy atom. The van der Waals surface area contributed by atoms with Crippen LogP contribution >= 0.6 is 0 Å². The first kappa shape index (κ1) is 14.3. The Balaban J connectivity index is 1.44. The SMILES string of the molecule is O=C(NC[C@H]1CCN(c2ccccc2)C1)Nc1cccnn1. The first-order valence-electron chi connectivity index (χ1n) is 7.44. The predicted octanol–water partition coefficient (Wildman–Crippen LogP) is 2.12. The zero-order valence-corrected chi connectivity index (χ0v) is 12.3. The molecule has 0 aliphatic carbocycles. The number of nitrogens with one attached hydrogen (secondary N) is 2. The van der Waals surface area contributed by atoms with Gasteiger partial charge in [-0.1, -0.05) is 18.2 Å². The molecule has 6 heteroatoms. The van der Waals surface area contributed by atoms with Crippen LogP contribution in [0.25, 0.3) is 0 Å². The lowest BCUT2D eigenvalue weighted by atomic mass is 10.1. The summed E-state index contributed by atoms with van der Waals surface area (Å²) in [4.78, 5) is 14.2. The number of benzene rings is 1. The van der Waals surface area contributed by atoms with Crippen LogP contribution in [0.3, 0.4) is 0 Å². The molecule has 0 spiro atoms. The fourth-order valence-corrected chi connectivity index (χ4v) is 2.64. The van der Waals surface area contributed by atoms with Gasteiger partial charge in [-0.25, -0.2) is 4.79 Å². The maximum atomic E-state index is 11.8. The van der Waals surface area contributed by atoms with Crippen molar-refractivity contribution in [3.05, 3.63) is 48.7 Å². The topological polar surface area (TPSA) is 70.2 Å². The lowest BCUT2D eigenvalue weighted by Crippen LogP contribution is -2.34. The van der Waals surface area contributed by atoms with Crippen LogP contribution < -0.4 is 15.5 Å². The van der Waals surface area contributed by atoms with Crippen molar-refractivity contribution in [1.82, 2.24) is 15.5 Å². The second-order valence-corrected chi connectivity index (χ2v) is 5.38. The van der Waals surface area contributed by atoms with E-state index in [9.17, 15) is 4.79 Å². The highest BCUT2D eigenvalue weighted by Crippen LogP contribution is 2.22. The summed E-state index contributed by atoms with van der Waals surface area (Å²) in [5.41, 5.74) is 1.24. The summed E-state index contributed by atoms with van der Waals surface area (Å²) in [6.07, 6.45) is 2.65. The summed E-state index contributed by atoms with van der Waals surface area (Å²) in [7, 11) is 0. The van der Waals surface area contributed by atoms with Gasteiger partial charge in [-0.15, -0.1) is 5.10 Å². The number of hydrogen-bond acceptors (Lipinski definition) is 4. The highest BCUT2D eigenvalue weighted by molar-refractivity contribution is 5.88. The van der Waals surface area contributed by atoms with Crippen molar-refractivity contribution < 1.29 is 4.79 Å². The molecule has 2 aromatic rings. The third-order valence-corrected chi connectivity index (χ3v) is 3.77. The van der Waals surface area contributed by atoms with E-state index in [0.29, 0.717) is 18.3 Å². The molecular formula is C16H19N5O. The summed E-state index contributed by atoms with van der Waals surface area (Å²) in [6, 6.07) is 13.6. The molecular weight excluding hydrogens is 278 g/mol. The number of nitrogens with zero attached hydrogens (tertiary/aromatic N) is 3. The van der Waals surface area contributed by atoms with Crippen molar-refractivity contribution in [3.63, 3.8) is 0 Å². The van der Waals surface area contributed by atoms with E-state index in [1.54, 1.807) is 18.3 Å². The number of aromatic nitrogens is 2. The minimum absolute atomic E-state index is 0.237. The quantitative estimate of drug-likeness (QED) is 0.907. The Labute approximate surface area is 129 Å². The Morgan fingerprint density at radius 1 is 1.23 bits per heavy atom. The van der Waals surface area contributed by atoms with E-state index in [4.69, 9.17) is 0 Å². The molecule has 1 saturated heterocycles. The molecule has 2 amide bonds. The van der Waals surface area contributed by atoms with Crippen molar-refractivity contribution in [2.24, 2.45) is 5.92 Å². The van der Waals surface area contributed by atoms with Crippen LogP contribution in [0.2, 0.25) is 0 Å². The van der Waals surface area contributed by atoms with E-state index in [1.807, 2.05) is 6.07 Å². The smallest absolute Gasteiger partial charge is 0.320 e. The van der Waals surface area contributed by atoms with Gasteiger partial charge in [-0.05, 0) is 36.6 Å². The molecule has 1 aliphatic rings. The first-order chi connectivity index (χ1) is 10.8. The maximum Gasteiger partial charge on any atom is 0.320 e. The van der Waals surface area contributed by atoms with Crippen molar-refractivity contribution in [3.8, 4) is 0 Å². The van der Waals surface area contributed by atoms with Gasteiger partial charge >= 0.3 is 6.03 Å². The van der Waals surface area contributed by atoms with Gasteiger partial charge in [0.2, 0.25) is 0 Å². The number of para-hydroxylation sites is 1. The molecule has 2 heterocycles. The second-order valence-electron chi connectivity index (χ2n) is 5.38. The van der Waals surface area contributed by atoms with E-state index in [-0.39, 0.29) is 6.03 Å². The highest BCUT2D eigenvalue weighted by Gasteiger charge is 2.22. The predicted molar refractivity (Wildman–Crippen MR) is 85.8 cm³/mol. The summed E-state index contributed by atoms with van der Waals surface area (Å²) in [6.45, 7) is 2.66. The molecule has 2 N–H and O–H groups in total. The van der Waals surface area contributed by atoms with Crippen LogP contribution in [0.1, 0.15) is 6.42 Å². The van der Waals surface area contributed by atoms with Gasteiger partial charge in [-0.3, -0.25) is 5.32 Å². The normalized spacial score (nSPS) is 17.3. The van der Waals surface area contributed by atoms with Crippen LogP contribution in [-0.2, 0) is 0 Å². The summed E-state index contributed by atoms with van der Waals surface area (Å²) >= 11 is 0. The lowest BCUT2D eigenvalue weighted by Gasteiger charge is -2.18. The Morgan fingerprint density at radius 2 is 2.09 bits per heavy atom. The minimum atomic E-state index is -0.237. The molecule has 1 atom stereocenters. The Hall–Kier alpha value is -2.63. The standard InChI is InChI=1S/C16H19N5O/c22-16(19-15-7-4-9-18-20-15)17-11-13-8-10-21(12-13)14-5-2-1-3-6-14/h1-7,9,13H,8,10-12H2,(H2,17,19,20,22)/t13-/m1/s1. The van der Waals surface area contributed by atoms with Crippen molar-refractivity contribution in [2.45, 2.75) is 6.42 Å². The third-order valence-electron chi connectivity index (χ3n) is 3.77. The molecule has 0 saturated carbocycles. The second kappa shape index (κ2) is 6.89. The van der Waals surface area contributed by atoms with E-state index < -0.39 is 0 Å². The van der Waals surface area contributed by atoms with Crippen molar-refractivity contribution >= 4 is 17.5 Å². The maximum absolute atomic E-state index is 11.8. The van der Waals surface area contributed by atoms with Crippen molar-refractivity contribution in [2.75, 3.05) is 29.9 Å². The zero-order valence-electron chi connectivity index (χ0n) is 12.3. The van der Waals surface area contributed by atoms with E-state index in [0.717, 1.165) is 19.5 Å². The largest absolute Gasteiger partial charge is 0.371 e. The average molecular weight is 297 g/mol. The lowest BCUT2D eigenvalue weighted by molar-refractivity contribution is 0.250. The summed E-state index contributed by atoms with van der Waals surface area (Å²) in [5.74, 6) is 0.921. The summed E-state index contributed by atoms with van der Waals surface area (Å²) in [5, 5.41) is 13.1. The van der Waals surface area contributed by atoms with Gasteiger partial charge in [0, 0.05) is 31.5 Å². The van der Waals surface area contributed by atoms with Gasteiger partial charge in [0.1, 0.15) is 0 Å². The summed E-state index contributed by atoms with van der Waals surface area (Å²) < 4.78 is 0. The molecule has 1 aliphatic heterocycles. The van der Waals surface area contributed by atoms with Gasteiger partial charge in [-0.2, -0.15) is 5.10 Å². The van der Waals surface area contributed by atoms with Gasteiger partial charge in [0.05, 0.1) is 0 Å². The molecule has 22 heavy (non-hydrogen) atoms. The number of urea groups is 1. The molecule has 0 unspecified atom stereocenters. The molecule has 0 bridgehead atoms. The van der Waals surface area contributed by atoms with E-state index in [1.165, 1.54) is 5.69 Å². The van der Waals surface area contributed by atoms with Crippen LogP contribution in [0, 0.1) is 5.92 Å². The van der Waals surface area contributed by atoms with Gasteiger partial charge in [0.25, 0.3) is 0 Å². The van der Waals surface area contributed by atoms with E-state index in [2.05, 4.69) is 50.0 Å². The Kier molecular flexibility index (Phi) is 4.48. The van der Waals surface area contributed by atoms with Crippen LogP contribution in [0.15, 0.2) is 48.7 Å². The minimum Gasteiger partial charge on any atom is -0.371 e. The molecule has 1 aromatic heterocycles. The molecule has 3 rings (SSSR count). The molecule has 6 nitrogen and oxygen atoms in total. The van der Waals surface area contributed by atoms with Crippen LogP contribution in [0.4, 0.5) is 16.3 Å². The van der Waals surface area contributed by atoms with E-state index >= 15 is 0 Å². The van der Waals surface area contributed by atoms with Crippen LogP contribution in [-0.4, -0.2) is 35.9 Å². The Bertz CT molecular complexity index is 604. The molecule has 1 fully saturated rings. The zero-order chi connectivity index (χ0) is 15.2. The number of amides is 2. The van der Waals surface area contributed by atoms with Crippen LogP contribution in [0.5, 0.6) is 0 Å². The first-order valence-corrected chi connectivity index (χ1v) is 7.44. The highest BCUT2D eigenvalue weighted by atomic mass is 16.2.